The maximum atomic E-state index is 14.3. The molecule has 4 heteroatoms. The Morgan fingerprint density at radius 3 is 2.65 bits per heavy atom. The molecule has 0 aromatic heterocycles. The summed E-state index contributed by atoms with van der Waals surface area (Å²) in [4.78, 5) is 11.0. The second-order valence-corrected chi connectivity index (χ2v) is 4.79. The van der Waals surface area contributed by atoms with Crippen LogP contribution in [0.5, 0.6) is 5.75 Å². The molecule has 0 aliphatic heterocycles. The van der Waals surface area contributed by atoms with Crippen LogP contribution in [-0.4, -0.2) is 21.9 Å². The van der Waals surface area contributed by atoms with E-state index in [1.54, 1.807) is 12.1 Å². The molecule has 1 aliphatic rings. The SMILES string of the molecule is CC(F)(C(=O)O)[C@H](c1cccc(O)c1)C1CC1. The zero-order chi connectivity index (χ0) is 12.6. The summed E-state index contributed by atoms with van der Waals surface area (Å²) >= 11 is 0. The first kappa shape index (κ1) is 11.9. The highest BCUT2D eigenvalue weighted by Gasteiger charge is 2.50. The molecule has 1 saturated carbocycles. The number of carbonyl (C=O) groups is 1. The summed E-state index contributed by atoms with van der Waals surface area (Å²) < 4.78 is 14.3. The summed E-state index contributed by atoms with van der Waals surface area (Å²) in [7, 11) is 0. The monoisotopic (exact) mass is 238 g/mol. The fourth-order valence-corrected chi connectivity index (χ4v) is 2.31. The van der Waals surface area contributed by atoms with Gasteiger partial charge in [0.1, 0.15) is 5.75 Å². The maximum absolute atomic E-state index is 14.3. The lowest BCUT2D eigenvalue weighted by molar-refractivity contribution is -0.151. The third kappa shape index (κ3) is 2.25. The second kappa shape index (κ2) is 4.02. The van der Waals surface area contributed by atoms with E-state index in [0.29, 0.717) is 5.56 Å². The summed E-state index contributed by atoms with van der Waals surface area (Å²) in [5.41, 5.74) is -1.74. The van der Waals surface area contributed by atoms with Crippen molar-refractivity contribution < 1.29 is 19.4 Å². The van der Waals surface area contributed by atoms with Gasteiger partial charge in [-0.2, -0.15) is 0 Å². The van der Waals surface area contributed by atoms with Crippen molar-refractivity contribution in [3.8, 4) is 5.75 Å². The van der Waals surface area contributed by atoms with E-state index in [4.69, 9.17) is 5.11 Å². The van der Waals surface area contributed by atoms with E-state index in [9.17, 15) is 14.3 Å². The third-order valence-corrected chi connectivity index (χ3v) is 3.32. The van der Waals surface area contributed by atoms with E-state index in [1.165, 1.54) is 12.1 Å². The predicted octanol–water partition coefficient (Wildman–Crippen LogP) is 2.70. The summed E-state index contributed by atoms with van der Waals surface area (Å²) in [6.07, 6.45) is 1.68. The Morgan fingerprint density at radius 2 is 2.18 bits per heavy atom. The zero-order valence-electron chi connectivity index (χ0n) is 9.56. The molecule has 2 N–H and O–H groups in total. The average molecular weight is 238 g/mol. The molecular weight excluding hydrogens is 223 g/mol. The van der Waals surface area contributed by atoms with Crippen LogP contribution >= 0.6 is 0 Å². The lowest BCUT2D eigenvalue weighted by Gasteiger charge is -2.27. The molecule has 0 saturated heterocycles. The first-order valence-corrected chi connectivity index (χ1v) is 5.64. The van der Waals surface area contributed by atoms with Gasteiger partial charge in [-0.3, -0.25) is 0 Å². The lowest BCUT2D eigenvalue weighted by Crippen LogP contribution is -2.38. The van der Waals surface area contributed by atoms with Gasteiger partial charge in [-0.1, -0.05) is 12.1 Å². The van der Waals surface area contributed by atoms with E-state index in [0.717, 1.165) is 19.8 Å². The Labute approximate surface area is 98.9 Å². The van der Waals surface area contributed by atoms with Gasteiger partial charge >= 0.3 is 5.97 Å². The number of hydrogen-bond donors (Lipinski definition) is 2. The molecule has 2 atom stereocenters. The van der Waals surface area contributed by atoms with E-state index in [1.807, 2.05) is 0 Å². The highest BCUT2D eigenvalue weighted by atomic mass is 19.1. The van der Waals surface area contributed by atoms with Crippen molar-refractivity contribution >= 4 is 5.97 Å². The van der Waals surface area contributed by atoms with Gasteiger partial charge in [0.05, 0.1) is 0 Å². The van der Waals surface area contributed by atoms with Crippen molar-refractivity contribution in [3.63, 3.8) is 0 Å². The van der Waals surface area contributed by atoms with Gasteiger partial charge < -0.3 is 10.2 Å². The van der Waals surface area contributed by atoms with Gasteiger partial charge in [-0.25, -0.2) is 9.18 Å². The smallest absolute Gasteiger partial charge is 0.341 e. The summed E-state index contributed by atoms with van der Waals surface area (Å²) in [5.74, 6) is -2.04. The first-order valence-electron chi connectivity index (χ1n) is 5.64. The highest BCUT2D eigenvalue weighted by molar-refractivity contribution is 5.78. The quantitative estimate of drug-likeness (QED) is 0.847. The van der Waals surface area contributed by atoms with Crippen LogP contribution in [-0.2, 0) is 4.79 Å². The number of carboxylic acids is 1. The van der Waals surface area contributed by atoms with Crippen molar-refractivity contribution in [2.45, 2.75) is 31.4 Å². The summed E-state index contributed by atoms with van der Waals surface area (Å²) in [6, 6.07) is 6.22. The molecule has 0 heterocycles. The van der Waals surface area contributed by atoms with E-state index in [-0.39, 0.29) is 11.7 Å². The van der Waals surface area contributed by atoms with Gasteiger partial charge in [0.2, 0.25) is 5.67 Å². The molecule has 1 aromatic rings. The Morgan fingerprint density at radius 1 is 1.53 bits per heavy atom. The lowest BCUT2D eigenvalue weighted by atomic mass is 9.81. The van der Waals surface area contributed by atoms with Gasteiger partial charge in [-0.15, -0.1) is 0 Å². The van der Waals surface area contributed by atoms with Crippen LogP contribution < -0.4 is 0 Å². The van der Waals surface area contributed by atoms with Crippen molar-refractivity contribution in [2.24, 2.45) is 5.92 Å². The van der Waals surface area contributed by atoms with Crippen molar-refractivity contribution in [2.75, 3.05) is 0 Å². The molecule has 3 nitrogen and oxygen atoms in total. The molecule has 1 unspecified atom stereocenters. The average Bonchev–Trinajstić information content (AvgIpc) is 3.01. The van der Waals surface area contributed by atoms with E-state index >= 15 is 0 Å². The fraction of sp³-hybridized carbons (Fsp3) is 0.462. The number of rotatable bonds is 4. The topological polar surface area (TPSA) is 57.5 Å². The Kier molecular flexibility index (Phi) is 2.81. The molecule has 1 aromatic carbocycles. The Balaban J connectivity index is 2.39. The van der Waals surface area contributed by atoms with Crippen LogP contribution in [0.25, 0.3) is 0 Å². The highest BCUT2D eigenvalue weighted by Crippen LogP contribution is 2.50. The molecule has 2 rings (SSSR count). The number of benzene rings is 1. The van der Waals surface area contributed by atoms with E-state index in [2.05, 4.69) is 0 Å². The van der Waals surface area contributed by atoms with Gasteiger partial charge in [0.15, 0.2) is 0 Å². The number of aromatic hydroxyl groups is 1. The van der Waals surface area contributed by atoms with Gasteiger partial charge in [0.25, 0.3) is 0 Å². The van der Waals surface area contributed by atoms with Crippen molar-refractivity contribution in [1.29, 1.82) is 0 Å². The van der Waals surface area contributed by atoms with Crippen LogP contribution in [0.1, 0.15) is 31.2 Å². The molecule has 1 aliphatic carbocycles. The molecule has 92 valence electrons. The first-order chi connectivity index (χ1) is 7.93. The number of phenols is 1. The van der Waals surface area contributed by atoms with Crippen molar-refractivity contribution in [1.82, 2.24) is 0 Å². The summed E-state index contributed by atoms with van der Waals surface area (Å²) in [6.45, 7) is 1.10. The minimum atomic E-state index is -2.30. The van der Waals surface area contributed by atoms with E-state index < -0.39 is 17.6 Å². The molecule has 0 spiro atoms. The van der Waals surface area contributed by atoms with Crippen LogP contribution in [0, 0.1) is 5.92 Å². The number of aliphatic carboxylic acids is 1. The third-order valence-electron chi connectivity index (χ3n) is 3.32. The molecule has 1 fully saturated rings. The minimum Gasteiger partial charge on any atom is -0.508 e. The van der Waals surface area contributed by atoms with Gasteiger partial charge in [-0.05, 0) is 43.4 Å². The standard InChI is InChI=1S/C13H15FO3/c1-13(14,12(16)17)11(8-5-6-8)9-3-2-4-10(15)7-9/h2-4,7-8,11,15H,5-6H2,1H3,(H,16,17)/t11-,13?/m0/s1. The number of alkyl halides is 1. The zero-order valence-corrected chi connectivity index (χ0v) is 9.56. The van der Waals surface area contributed by atoms with Crippen LogP contribution in [0.4, 0.5) is 4.39 Å². The summed E-state index contributed by atoms with van der Waals surface area (Å²) in [5, 5.41) is 18.4. The molecule has 0 amide bonds. The maximum Gasteiger partial charge on any atom is 0.341 e. The molecular formula is C13H15FO3. The normalized spacial score (nSPS) is 20.6. The molecule has 17 heavy (non-hydrogen) atoms. The van der Waals surface area contributed by atoms with Crippen LogP contribution in [0.15, 0.2) is 24.3 Å². The Hall–Kier alpha value is -1.58. The second-order valence-electron chi connectivity index (χ2n) is 4.79. The number of phenolic OH excluding ortho intramolecular Hbond substituents is 1. The largest absolute Gasteiger partial charge is 0.508 e. The van der Waals surface area contributed by atoms with Crippen LogP contribution in [0.2, 0.25) is 0 Å². The molecule has 0 radical (unpaired) electrons. The predicted molar refractivity (Wildman–Crippen MR) is 60.7 cm³/mol. The number of halogens is 1. The number of carboxylic acid groups (broad SMARTS) is 1. The van der Waals surface area contributed by atoms with Gasteiger partial charge in [0, 0.05) is 5.92 Å². The minimum absolute atomic E-state index is 0.0364. The van der Waals surface area contributed by atoms with Crippen LogP contribution in [0.3, 0.4) is 0 Å². The Bertz CT molecular complexity index is 438. The fourth-order valence-electron chi connectivity index (χ4n) is 2.31. The molecule has 0 bridgehead atoms. The van der Waals surface area contributed by atoms with Crippen molar-refractivity contribution in [3.05, 3.63) is 29.8 Å². The number of hydrogen-bond acceptors (Lipinski definition) is 2.